The van der Waals surface area contributed by atoms with Crippen LogP contribution in [-0.4, -0.2) is 16.0 Å². The van der Waals surface area contributed by atoms with E-state index < -0.39 is 0 Å². The Bertz CT molecular complexity index is 888. The highest BCUT2D eigenvalue weighted by molar-refractivity contribution is 14.1. The fraction of sp³-hybridized carbons (Fsp3) is 0.211. The predicted molar refractivity (Wildman–Crippen MR) is 105 cm³/mol. The lowest BCUT2D eigenvalue weighted by Gasteiger charge is -2.06. The smallest absolute Gasteiger partial charge is 0.227 e. The highest BCUT2D eigenvalue weighted by atomic mass is 127. The average molecular weight is 447 g/mol. The molecule has 1 amide bonds. The molecule has 0 aliphatic heterocycles. The molecule has 2 aromatic carbocycles. The lowest BCUT2D eigenvalue weighted by Crippen LogP contribution is -2.12. The Labute approximate surface area is 160 Å². The molecular weight excluding hydrogens is 429 g/mol. The first kappa shape index (κ1) is 17.6. The summed E-state index contributed by atoms with van der Waals surface area (Å²) in [5, 5.41) is 6.87. The molecule has 0 saturated carbocycles. The predicted octanol–water partition coefficient (Wildman–Crippen LogP) is 4.53. The zero-order chi connectivity index (χ0) is 17.8. The Kier molecular flexibility index (Phi) is 5.47. The van der Waals surface area contributed by atoms with E-state index in [9.17, 15) is 4.79 Å². The van der Waals surface area contributed by atoms with E-state index in [-0.39, 0.29) is 5.91 Å². The molecule has 0 aliphatic carbocycles. The number of halogens is 1. The average Bonchev–Trinajstić information content (AvgIpc) is 3.06. The minimum absolute atomic E-state index is 0.0720. The van der Waals surface area contributed by atoms with Gasteiger partial charge < -0.3 is 9.84 Å². The van der Waals surface area contributed by atoms with Crippen molar-refractivity contribution in [3.05, 3.63) is 63.1 Å². The van der Waals surface area contributed by atoms with Gasteiger partial charge in [0.1, 0.15) is 0 Å². The molecule has 0 bridgehead atoms. The van der Waals surface area contributed by atoms with E-state index in [1.54, 1.807) is 0 Å². The highest BCUT2D eigenvalue weighted by Gasteiger charge is 2.11. The van der Waals surface area contributed by atoms with Crippen molar-refractivity contribution in [1.82, 2.24) is 10.1 Å². The zero-order valence-corrected chi connectivity index (χ0v) is 16.2. The van der Waals surface area contributed by atoms with Crippen LogP contribution in [0.25, 0.3) is 11.4 Å². The summed E-state index contributed by atoms with van der Waals surface area (Å²) < 4.78 is 6.39. The van der Waals surface area contributed by atoms with E-state index in [0.29, 0.717) is 24.6 Å². The SMILES string of the molecule is Cc1ccc(NC(=O)CCc2nc(-c3ccc(I)cc3)no2)cc1C. The minimum atomic E-state index is -0.0720. The maximum Gasteiger partial charge on any atom is 0.227 e. The summed E-state index contributed by atoms with van der Waals surface area (Å²) in [5.41, 5.74) is 4.05. The first-order valence-corrected chi connectivity index (χ1v) is 9.05. The van der Waals surface area contributed by atoms with Crippen molar-refractivity contribution in [2.24, 2.45) is 0 Å². The molecule has 0 saturated heterocycles. The van der Waals surface area contributed by atoms with Crippen molar-refractivity contribution >= 4 is 34.2 Å². The van der Waals surface area contributed by atoms with Crippen LogP contribution in [0.5, 0.6) is 0 Å². The Balaban J connectivity index is 1.57. The molecule has 3 aromatic rings. The first-order valence-electron chi connectivity index (χ1n) is 7.97. The number of aromatic nitrogens is 2. The quantitative estimate of drug-likeness (QED) is 0.584. The van der Waals surface area contributed by atoms with Gasteiger partial charge in [0.25, 0.3) is 0 Å². The second kappa shape index (κ2) is 7.77. The Morgan fingerprint density at radius 1 is 1.12 bits per heavy atom. The number of benzene rings is 2. The number of carbonyl (C=O) groups excluding carboxylic acids is 1. The molecule has 0 unspecified atom stereocenters. The number of nitrogens with one attached hydrogen (secondary N) is 1. The van der Waals surface area contributed by atoms with Gasteiger partial charge >= 0.3 is 0 Å². The minimum Gasteiger partial charge on any atom is -0.339 e. The Morgan fingerprint density at radius 2 is 1.88 bits per heavy atom. The van der Waals surface area contributed by atoms with E-state index in [0.717, 1.165) is 20.4 Å². The molecule has 6 heteroatoms. The molecule has 1 aromatic heterocycles. The van der Waals surface area contributed by atoms with Crippen LogP contribution in [0.15, 0.2) is 47.0 Å². The van der Waals surface area contributed by atoms with E-state index in [4.69, 9.17) is 4.52 Å². The summed E-state index contributed by atoms with van der Waals surface area (Å²) in [5.74, 6) is 0.932. The normalized spacial score (nSPS) is 10.7. The molecule has 25 heavy (non-hydrogen) atoms. The van der Waals surface area contributed by atoms with Crippen LogP contribution in [0.2, 0.25) is 0 Å². The van der Waals surface area contributed by atoms with E-state index >= 15 is 0 Å². The second-order valence-electron chi connectivity index (χ2n) is 5.87. The number of aryl methyl sites for hydroxylation is 3. The van der Waals surface area contributed by atoms with Gasteiger partial charge in [0.05, 0.1) is 0 Å². The van der Waals surface area contributed by atoms with E-state index in [1.807, 2.05) is 56.3 Å². The van der Waals surface area contributed by atoms with E-state index in [1.165, 1.54) is 5.56 Å². The highest BCUT2D eigenvalue weighted by Crippen LogP contribution is 2.18. The number of anilines is 1. The molecule has 0 aliphatic rings. The largest absolute Gasteiger partial charge is 0.339 e. The van der Waals surface area contributed by atoms with Gasteiger partial charge in [0, 0.05) is 27.7 Å². The number of carbonyl (C=O) groups is 1. The van der Waals surface area contributed by atoms with Crippen molar-refractivity contribution in [2.75, 3.05) is 5.32 Å². The van der Waals surface area contributed by atoms with Crippen LogP contribution in [0.4, 0.5) is 5.69 Å². The molecule has 0 spiro atoms. The lowest BCUT2D eigenvalue weighted by molar-refractivity contribution is -0.116. The molecule has 0 radical (unpaired) electrons. The number of amides is 1. The fourth-order valence-electron chi connectivity index (χ4n) is 2.34. The molecular formula is C19H18IN3O2. The van der Waals surface area contributed by atoms with Crippen molar-refractivity contribution in [3.8, 4) is 11.4 Å². The first-order chi connectivity index (χ1) is 12.0. The number of hydrogen-bond donors (Lipinski definition) is 1. The topological polar surface area (TPSA) is 68.0 Å². The molecule has 128 valence electrons. The number of hydrogen-bond acceptors (Lipinski definition) is 4. The molecule has 0 fully saturated rings. The van der Waals surface area contributed by atoms with Gasteiger partial charge in [-0.3, -0.25) is 4.79 Å². The number of rotatable bonds is 5. The summed E-state index contributed by atoms with van der Waals surface area (Å²) in [6.07, 6.45) is 0.704. The van der Waals surface area contributed by atoms with Crippen molar-refractivity contribution in [3.63, 3.8) is 0 Å². The van der Waals surface area contributed by atoms with Crippen LogP contribution >= 0.6 is 22.6 Å². The Hall–Kier alpha value is -2.22. The van der Waals surface area contributed by atoms with Crippen molar-refractivity contribution < 1.29 is 9.32 Å². The number of nitrogens with zero attached hydrogens (tertiary/aromatic N) is 2. The van der Waals surface area contributed by atoms with Gasteiger partial charge in [0.2, 0.25) is 17.6 Å². The summed E-state index contributed by atoms with van der Waals surface area (Å²) in [6.45, 7) is 4.07. The summed E-state index contributed by atoms with van der Waals surface area (Å²) in [4.78, 5) is 16.4. The van der Waals surface area contributed by atoms with Gasteiger partial charge in [-0.15, -0.1) is 0 Å². The van der Waals surface area contributed by atoms with Crippen molar-refractivity contribution in [1.29, 1.82) is 0 Å². The van der Waals surface area contributed by atoms with Gasteiger partial charge in [-0.05, 0) is 71.8 Å². The van der Waals surface area contributed by atoms with Gasteiger partial charge in [0.15, 0.2) is 0 Å². The van der Waals surface area contributed by atoms with Crippen LogP contribution in [0, 0.1) is 17.4 Å². The van der Waals surface area contributed by atoms with Gasteiger partial charge in [-0.2, -0.15) is 4.98 Å². The van der Waals surface area contributed by atoms with Crippen LogP contribution in [0.1, 0.15) is 23.4 Å². The van der Waals surface area contributed by atoms with Crippen molar-refractivity contribution in [2.45, 2.75) is 26.7 Å². The molecule has 1 N–H and O–H groups in total. The van der Waals surface area contributed by atoms with Crippen LogP contribution in [0.3, 0.4) is 0 Å². The Morgan fingerprint density at radius 3 is 2.60 bits per heavy atom. The lowest BCUT2D eigenvalue weighted by atomic mass is 10.1. The third kappa shape index (κ3) is 4.66. The molecule has 0 atom stereocenters. The summed E-state index contributed by atoms with van der Waals surface area (Å²) in [6, 6.07) is 13.7. The summed E-state index contributed by atoms with van der Waals surface area (Å²) in [7, 11) is 0. The van der Waals surface area contributed by atoms with E-state index in [2.05, 4.69) is 38.0 Å². The maximum absolute atomic E-state index is 12.1. The third-order valence-corrected chi connectivity index (χ3v) is 4.65. The third-order valence-electron chi connectivity index (χ3n) is 3.93. The fourth-order valence-corrected chi connectivity index (χ4v) is 2.70. The maximum atomic E-state index is 12.1. The molecule has 5 nitrogen and oxygen atoms in total. The molecule has 1 heterocycles. The van der Waals surface area contributed by atoms with Gasteiger partial charge in [-0.25, -0.2) is 0 Å². The standard InChI is InChI=1S/C19H18IN3O2/c1-12-3-8-16(11-13(12)2)21-17(24)9-10-18-22-19(23-25-18)14-4-6-15(20)7-5-14/h3-8,11H,9-10H2,1-2H3,(H,21,24). The zero-order valence-electron chi connectivity index (χ0n) is 14.0. The van der Waals surface area contributed by atoms with Crippen LogP contribution < -0.4 is 5.32 Å². The molecule has 3 rings (SSSR count). The van der Waals surface area contributed by atoms with Crippen LogP contribution in [-0.2, 0) is 11.2 Å². The summed E-state index contributed by atoms with van der Waals surface area (Å²) >= 11 is 2.25. The van der Waals surface area contributed by atoms with Gasteiger partial charge in [-0.1, -0.05) is 23.4 Å². The second-order valence-corrected chi connectivity index (χ2v) is 7.11. The monoisotopic (exact) mass is 447 g/mol.